The molecule has 0 aliphatic carbocycles. The Bertz CT molecular complexity index is 1340. The fraction of sp³-hybridized carbons (Fsp3) is 0.391. The summed E-state index contributed by atoms with van der Waals surface area (Å²) in [4.78, 5) is 24.5. The predicted molar refractivity (Wildman–Crippen MR) is 131 cm³/mol. The molecule has 3 heterocycles. The highest BCUT2D eigenvalue weighted by molar-refractivity contribution is 7.98. The quantitative estimate of drug-likeness (QED) is 0.234. The number of thiophene rings is 1. The number of unbranched alkanes of at least 4 members (excludes halogenated alkanes) is 1. The highest BCUT2D eigenvalue weighted by Gasteiger charge is 2.18. The van der Waals surface area contributed by atoms with Crippen molar-refractivity contribution in [2.75, 3.05) is 14.2 Å². The average molecular weight is 487 g/mol. The molecule has 0 spiro atoms. The number of aryl methyl sites for hydroxylation is 2. The van der Waals surface area contributed by atoms with Crippen LogP contribution in [0, 0.1) is 13.8 Å². The Morgan fingerprint density at radius 3 is 2.67 bits per heavy atom. The maximum atomic E-state index is 13.2. The van der Waals surface area contributed by atoms with Crippen LogP contribution in [0.5, 0.6) is 11.5 Å². The number of benzene rings is 1. The first-order valence-electron chi connectivity index (χ1n) is 10.6. The summed E-state index contributed by atoms with van der Waals surface area (Å²) in [5.41, 5.74) is 1.80. The molecule has 3 aromatic heterocycles. The lowest BCUT2D eigenvalue weighted by atomic mass is 10.2. The first-order chi connectivity index (χ1) is 16.0. The minimum absolute atomic E-state index is 0.0225. The summed E-state index contributed by atoms with van der Waals surface area (Å²) in [5, 5.41) is 5.50. The van der Waals surface area contributed by atoms with Crippen molar-refractivity contribution < 1.29 is 14.0 Å². The van der Waals surface area contributed by atoms with Crippen LogP contribution in [0.25, 0.3) is 21.6 Å². The monoisotopic (exact) mass is 486 g/mol. The van der Waals surface area contributed by atoms with Gasteiger partial charge in [0.1, 0.15) is 4.83 Å². The summed E-state index contributed by atoms with van der Waals surface area (Å²) in [7, 11) is 3.17. The largest absolute Gasteiger partial charge is 0.493 e. The van der Waals surface area contributed by atoms with E-state index in [-0.39, 0.29) is 5.56 Å². The third-order valence-corrected chi connectivity index (χ3v) is 7.49. The molecule has 0 amide bonds. The number of aromatic nitrogens is 4. The van der Waals surface area contributed by atoms with E-state index in [0.717, 1.165) is 39.1 Å². The fourth-order valence-corrected chi connectivity index (χ4v) is 5.40. The molecule has 1 aromatic carbocycles. The van der Waals surface area contributed by atoms with Crippen LogP contribution in [0.1, 0.15) is 36.1 Å². The van der Waals surface area contributed by atoms with Crippen LogP contribution < -0.4 is 15.0 Å². The Labute approximate surface area is 199 Å². The summed E-state index contributed by atoms with van der Waals surface area (Å²) in [6.45, 7) is 6.76. The maximum absolute atomic E-state index is 13.2. The smallest absolute Gasteiger partial charge is 0.263 e. The number of methoxy groups -OCH3 is 2. The second-order valence-corrected chi connectivity index (χ2v) is 9.68. The van der Waals surface area contributed by atoms with Crippen molar-refractivity contribution in [3.63, 3.8) is 0 Å². The molecule has 0 saturated heterocycles. The Hall–Kier alpha value is -2.85. The summed E-state index contributed by atoms with van der Waals surface area (Å²) < 4.78 is 17.9. The summed E-state index contributed by atoms with van der Waals surface area (Å²) in [5.74, 6) is 2.55. The predicted octanol–water partition coefficient (Wildman–Crippen LogP) is 5.23. The van der Waals surface area contributed by atoms with Gasteiger partial charge in [-0.3, -0.25) is 9.36 Å². The molecule has 4 aromatic rings. The Balaban J connectivity index is 1.60. The molecule has 0 radical (unpaired) electrons. The first kappa shape index (κ1) is 23.3. The Morgan fingerprint density at radius 1 is 1.15 bits per heavy atom. The highest BCUT2D eigenvalue weighted by Crippen LogP contribution is 2.32. The van der Waals surface area contributed by atoms with Crippen molar-refractivity contribution in [1.82, 2.24) is 19.7 Å². The molecule has 174 valence electrons. The van der Waals surface area contributed by atoms with Crippen molar-refractivity contribution in [2.24, 2.45) is 0 Å². The van der Waals surface area contributed by atoms with Crippen LogP contribution in [0.15, 0.2) is 32.7 Å². The maximum Gasteiger partial charge on any atom is 0.263 e. The molecule has 0 unspecified atom stereocenters. The van der Waals surface area contributed by atoms with Gasteiger partial charge in [0.25, 0.3) is 5.56 Å². The van der Waals surface area contributed by atoms with Crippen molar-refractivity contribution in [2.45, 2.75) is 51.1 Å². The molecule has 10 heteroatoms. The van der Waals surface area contributed by atoms with E-state index in [1.165, 1.54) is 11.8 Å². The van der Waals surface area contributed by atoms with E-state index in [1.54, 1.807) is 42.3 Å². The van der Waals surface area contributed by atoms with E-state index < -0.39 is 0 Å². The second-order valence-electron chi connectivity index (χ2n) is 7.54. The molecule has 0 bridgehead atoms. The van der Waals surface area contributed by atoms with E-state index in [1.807, 2.05) is 19.9 Å². The molecule has 0 atom stereocenters. The topological polar surface area (TPSA) is 92.3 Å². The number of hydrogen-bond acceptors (Lipinski definition) is 9. The van der Waals surface area contributed by atoms with E-state index in [9.17, 15) is 4.79 Å². The average Bonchev–Trinajstić information content (AvgIpc) is 3.41. The van der Waals surface area contributed by atoms with E-state index in [4.69, 9.17) is 19.0 Å². The number of nitrogens with zero attached hydrogens (tertiary/aromatic N) is 4. The van der Waals surface area contributed by atoms with Crippen LogP contribution in [0.3, 0.4) is 0 Å². The molecule has 8 nitrogen and oxygen atoms in total. The third kappa shape index (κ3) is 4.63. The van der Waals surface area contributed by atoms with Crippen LogP contribution in [-0.4, -0.2) is 33.9 Å². The van der Waals surface area contributed by atoms with Gasteiger partial charge in [0.2, 0.25) is 11.7 Å². The van der Waals surface area contributed by atoms with Crippen LogP contribution in [0.4, 0.5) is 0 Å². The first-order valence-corrected chi connectivity index (χ1v) is 12.4. The van der Waals surface area contributed by atoms with Gasteiger partial charge in [0.05, 0.1) is 25.4 Å². The normalized spacial score (nSPS) is 11.3. The van der Waals surface area contributed by atoms with Gasteiger partial charge in [-0.2, -0.15) is 4.98 Å². The molecular weight excluding hydrogens is 460 g/mol. The van der Waals surface area contributed by atoms with Gasteiger partial charge in [-0.25, -0.2) is 4.98 Å². The number of rotatable bonds is 9. The van der Waals surface area contributed by atoms with Crippen molar-refractivity contribution in [1.29, 1.82) is 0 Å². The second kappa shape index (κ2) is 9.96. The summed E-state index contributed by atoms with van der Waals surface area (Å²) >= 11 is 2.99. The lowest BCUT2D eigenvalue weighted by molar-refractivity contribution is 0.355. The molecule has 0 fully saturated rings. The van der Waals surface area contributed by atoms with Crippen LogP contribution >= 0.6 is 23.1 Å². The van der Waals surface area contributed by atoms with Crippen molar-refractivity contribution in [3.05, 3.63) is 44.9 Å². The lowest BCUT2D eigenvalue weighted by Crippen LogP contribution is -2.23. The minimum atomic E-state index is 0.0225. The SMILES string of the molecule is CCCCn1c(SCc2nc(-c3ccc(OC)c(OC)c3)no2)nc2sc(C)c(C)c2c1=O. The number of fused-ring (bicyclic) bond motifs is 1. The van der Waals surface area contributed by atoms with Crippen LogP contribution in [-0.2, 0) is 12.3 Å². The van der Waals surface area contributed by atoms with Gasteiger partial charge in [0.15, 0.2) is 16.7 Å². The fourth-order valence-electron chi connectivity index (χ4n) is 3.46. The molecule has 0 N–H and O–H groups in total. The van der Waals surface area contributed by atoms with Crippen LogP contribution in [0.2, 0.25) is 0 Å². The van der Waals surface area contributed by atoms with Gasteiger partial charge >= 0.3 is 0 Å². The molecule has 0 aliphatic heterocycles. The zero-order valence-electron chi connectivity index (χ0n) is 19.3. The third-order valence-electron chi connectivity index (χ3n) is 5.42. The van der Waals surface area contributed by atoms with Gasteiger partial charge < -0.3 is 14.0 Å². The summed E-state index contributed by atoms with van der Waals surface area (Å²) in [6, 6.07) is 5.46. The number of hydrogen-bond donors (Lipinski definition) is 0. The number of thioether (sulfide) groups is 1. The zero-order chi connectivity index (χ0) is 23.5. The number of ether oxygens (including phenoxy) is 2. The molecule has 33 heavy (non-hydrogen) atoms. The van der Waals surface area contributed by atoms with E-state index in [0.29, 0.717) is 40.7 Å². The van der Waals surface area contributed by atoms with Gasteiger partial charge in [-0.1, -0.05) is 30.3 Å². The zero-order valence-corrected chi connectivity index (χ0v) is 20.9. The lowest BCUT2D eigenvalue weighted by Gasteiger charge is -2.11. The standard InChI is InChI=1S/C23H26N4O4S2/c1-6-7-10-27-22(28)19-13(2)14(3)33-21(19)25-23(27)32-12-18-24-20(26-31-18)15-8-9-16(29-4)17(11-15)30-5/h8-9,11H,6-7,10,12H2,1-5H3. The van der Waals surface area contributed by atoms with E-state index >= 15 is 0 Å². The highest BCUT2D eigenvalue weighted by atomic mass is 32.2. The van der Waals surface area contributed by atoms with Crippen molar-refractivity contribution >= 4 is 33.3 Å². The van der Waals surface area contributed by atoms with Gasteiger partial charge in [0, 0.05) is 17.0 Å². The van der Waals surface area contributed by atoms with E-state index in [2.05, 4.69) is 17.1 Å². The van der Waals surface area contributed by atoms with Gasteiger partial charge in [-0.15, -0.1) is 11.3 Å². The summed E-state index contributed by atoms with van der Waals surface area (Å²) in [6.07, 6.45) is 1.90. The minimum Gasteiger partial charge on any atom is -0.493 e. The Morgan fingerprint density at radius 2 is 1.94 bits per heavy atom. The molecule has 4 rings (SSSR count). The van der Waals surface area contributed by atoms with Gasteiger partial charge in [-0.05, 0) is 44.0 Å². The Kier molecular flexibility index (Phi) is 7.04. The van der Waals surface area contributed by atoms with Crippen molar-refractivity contribution in [3.8, 4) is 22.9 Å². The molecule has 0 saturated carbocycles. The molecular formula is C23H26N4O4S2. The molecule has 0 aliphatic rings.